The predicted molar refractivity (Wildman–Crippen MR) is 61.0 cm³/mol. The zero-order valence-corrected chi connectivity index (χ0v) is 10.1. The minimum absolute atomic E-state index is 0.632. The minimum atomic E-state index is 0.632. The highest BCUT2D eigenvalue weighted by Crippen LogP contribution is 2.08. The molecule has 16 heavy (non-hydrogen) atoms. The summed E-state index contributed by atoms with van der Waals surface area (Å²) in [6, 6.07) is 0.632. The topological polar surface area (TPSA) is 54.2 Å². The van der Waals surface area contributed by atoms with Gasteiger partial charge in [-0.25, -0.2) is 0 Å². The number of nitrogens with one attached hydrogen (secondary N) is 1. The molecule has 0 aromatic carbocycles. The molecule has 0 radical (unpaired) electrons. The highest BCUT2D eigenvalue weighted by Gasteiger charge is 2.18. The molecule has 0 saturated carbocycles. The maximum atomic E-state index is 4.98. The SMILES string of the molecule is CCN(Cc1noc(C)n1)CC1CCCN1. The lowest BCUT2D eigenvalue weighted by atomic mass is 10.2. The summed E-state index contributed by atoms with van der Waals surface area (Å²) in [7, 11) is 0. The standard InChI is InChI=1S/C11H20N4O/c1-3-15(7-10-5-4-6-12-10)8-11-13-9(2)16-14-11/h10,12H,3-8H2,1-2H3. The number of nitrogens with zero attached hydrogens (tertiary/aromatic N) is 3. The molecule has 5 nitrogen and oxygen atoms in total. The van der Waals surface area contributed by atoms with Gasteiger partial charge in [0.15, 0.2) is 5.82 Å². The highest BCUT2D eigenvalue weighted by molar-refractivity contribution is 4.85. The summed E-state index contributed by atoms with van der Waals surface area (Å²) in [6.45, 7) is 8.03. The average Bonchev–Trinajstić information content (AvgIpc) is 2.89. The zero-order valence-electron chi connectivity index (χ0n) is 10.1. The van der Waals surface area contributed by atoms with Crippen LogP contribution >= 0.6 is 0 Å². The van der Waals surface area contributed by atoms with Gasteiger partial charge in [-0.1, -0.05) is 12.1 Å². The van der Waals surface area contributed by atoms with Gasteiger partial charge >= 0.3 is 0 Å². The monoisotopic (exact) mass is 224 g/mol. The van der Waals surface area contributed by atoms with E-state index in [9.17, 15) is 0 Å². The van der Waals surface area contributed by atoms with E-state index in [4.69, 9.17) is 4.52 Å². The molecule has 2 rings (SSSR count). The van der Waals surface area contributed by atoms with Crippen LogP contribution in [0.5, 0.6) is 0 Å². The molecule has 1 fully saturated rings. The molecule has 90 valence electrons. The molecule has 0 aliphatic carbocycles. The summed E-state index contributed by atoms with van der Waals surface area (Å²) < 4.78 is 4.98. The van der Waals surface area contributed by atoms with E-state index >= 15 is 0 Å². The van der Waals surface area contributed by atoms with E-state index in [0.29, 0.717) is 11.9 Å². The van der Waals surface area contributed by atoms with E-state index in [1.807, 2.05) is 6.92 Å². The van der Waals surface area contributed by atoms with Crippen molar-refractivity contribution in [3.05, 3.63) is 11.7 Å². The van der Waals surface area contributed by atoms with Crippen LogP contribution in [0.4, 0.5) is 0 Å². The molecule has 1 aromatic rings. The van der Waals surface area contributed by atoms with Gasteiger partial charge in [-0.3, -0.25) is 4.90 Å². The molecule has 0 amide bonds. The van der Waals surface area contributed by atoms with Crippen LogP contribution in [0.1, 0.15) is 31.5 Å². The van der Waals surface area contributed by atoms with Crippen molar-refractivity contribution in [2.75, 3.05) is 19.6 Å². The molecule has 1 saturated heterocycles. The van der Waals surface area contributed by atoms with Gasteiger partial charge in [0.25, 0.3) is 0 Å². The quantitative estimate of drug-likeness (QED) is 0.807. The Labute approximate surface area is 96.2 Å². The van der Waals surface area contributed by atoms with Crippen LogP contribution in [-0.2, 0) is 6.54 Å². The van der Waals surface area contributed by atoms with E-state index in [2.05, 4.69) is 27.3 Å². The molecule has 1 N–H and O–H groups in total. The van der Waals surface area contributed by atoms with Crippen LogP contribution in [0.15, 0.2) is 4.52 Å². The molecule has 1 aliphatic rings. The maximum Gasteiger partial charge on any atom is 0.223 e. The molecule has 1 unspecified atom stereocenters. The van der Waals surface area contributed by atoms with E-state index < -0.39 is 0 Å². The Hall–Kier alpha value is -0.940. The predicted octanol–water partition coefficient (Wildman–Crippen LogP) is 0.952. The van der Waals surface area contributed by atoms with Gasteiger partial charge in [-0.2, -0.15) is 4.98 Å². The summed E-state index contributed by atoms with van der Waals surface area (Å²) in [5, 5.41) is 7.44. The van der Waals surface area contributed by atoms with Gasteiger partial charge in [-0.05, 0) is 25.9 Å². The van der Waals surface area contributed by atoms with E-state index in [1.165, 1.54) is 12.8 Å². The van der Waals surface area contributed by atoms with E-state index in [-0.39, 0.29) is 0 Å². The smallest absolute Gasteiger partial charge is 0.223 e. The Balaban J connectivity index is 1.84. The first-order valence-electron chi connectivity index (χ1n) is 6.03. The van der Waals surface area contributed by atoms with Gasteiger partial charge in [0.1, 0.15) is 0 Å². The maximum absolute atomic E-state index is 4.98. The van der Waals surface area contributed by atoms with Gasteiger partial charge in [0.05, 0.1) is 6.54 Å². The number of likely N-dealkylation sites (N-methyl/N-ethyl adjacent to an activating group) is 1. The van der Waals surface area contributed by atoms with Crippen molar-refractivity contribution in [3.63, 3.8) is 0 Å². The third-order valence-electron chi connectivity index (χ3n) is 3.02. The van der Waals surface area contributed by atoms with Crippen LogP contribution in [0.25, 0.3) is 0 Å². The largest absolute Gasteiger partial charge is 0.340 e. The number of hydrogen-bond acceptors (Lipinski definition) is 5. The van der Waals surface area contributed by atoms with Crippen LogP contribution in [0.2, 0.25) is 0 Å². The van der Waals surface area contributed by atoms with Crippen molar-refractivity contribution >= 4 is 0 Å². The fourth-order valence-corrected chi connectivity index (χ4v) is 2.14. The van der Waals surface area contributed by atoms with Crippen molar-refractivity contribution in [2.24, 2.45) is 0 Å². The number of rotatable bonds is 5. The Morgan fingerprint density at radius 1 is 1.56 bits per heavy atom. The van der Waals surface area contributed by atoms with E-state index in [0.717, 1.165) is 32.0 Å². The van der Waals surface area contributed by atoms with Crippen molar-refractivity contribution in [1.82, 2.24) is 20.4 Å². The van der Waals surface area contributed by atoms with Crippen molar-refractivity contribution in [3.8, 4) is 0 Å². The molecular formula is C11H20N4O. The fraction of sp³-hybridized carbons (Fsp3) is 0.818. The van der Waals surface area contributed by atoms with Crippen molar-refractivity contribution in [1.29, 1.82) is 0 Å². The second kappa shape index (κ2) is 5.41. The summed E-state index contributed by atoms with van der Waals surface area (Å²) >= 11 is 0. The number of hydrogen-bond donors (Lipinski definition) is 1. The Morgan fingerprint density at radius 2 is 2.44 bits per heavy atom. The first-order valence-corrected chi connectivity index (χ1v) is 6.03. The second-order valence-corrected chi connectivity index (χ2v) is 4.35. The van der Waals surface area contributed by atoms with Crippen LogP contribution < -0.4 is 5.32 Å². The molecule has 2 heterocycles. The third kappa shape index (κ3) is 3.02. The average molecular weight is 224 g/mol. The van der Waals surface area contributed by atoms with Crippen molar-refractivity contribution in [2.45, 2.75) is 39.3 Å². The molecule has 1 atom stereocenters. The van der Waals surface area contributed by atoms with Crippen LogP contribution in [0, 0.1) is 6.92 Å². The third-order valence-corrected chi connectivity index (χ3v) is 3.02. The summed E-state index contributed by atoms with van der Waals surface area (Å²) in [4.78, 5) is 6.59. The molecule has 1 aromatic heterocycles. The van der Waals surface area contributed by atoms with Crippen LogP contribution in [0.3, 0.4) is 0 Å². The Kier molecular flexibility index (Phi) is 3.90. The highest BCUT2D eigenvalue weighted by atomic mass is 16.5. The molecular weight excluding hydrogens is 204 g/mol. The Bertz CT molecular complexity index is 320. The fourth-order valence-electron chi connectivity index (χ4n) is 2.14. The normalized spacial score (nSPS) is 20.8. The second-order valence-electron chi connectivity index (χ2n) is 4.35. The first-order chi connectivity index (χ1) is 7.78. The summed E-state index contributed by atoms with van der Waals surface area (Å²) in [5.41, 5.74) is 0. The van der Waals surface area contributed by atoms with Crippen molar-refractivity contribution < 1.29 is 4.52 Å². The summed E-state index contributed by atoms with van der Waals surface area (Å²) in [6.07, 6.45) is 2.57. The molecule has 5 heteroatoms. The summed E-state index contributed by atoms with van der Waals surface area (Å²) in [5.74, 6) is 1.43. The van der Waals surface area contributed by atoms with Crippen LogP contribution in [-0.4, -0.2) is 40.7 Å². The van der Waals surface area contributed by atoms with E-state index in [1.54, 1.807) is 0 Å². The lowest BCUT2D eigenvalue weighted by Gasteiger charge is -2.22. The molecule has 0 spiro atoms. The lowest BCUT2D eigenvalue weighted by molar-refractivity contribution is 0.243. The first kappa shape index (κ1) is 11.5. The van der Waals surface area contributed by atoms with Gasteiger partial charge in [0, 0.05) is 19.5 Å². The van der Waals surface area contributed by atoms with Gasteiger partial charge in [0.2, 0.25) is 5.89 Å². The number of aryl methyl sites for hydroxylation is 1. The van der Waals surface area contributed by atoms with Gasteiger partial charge in [-0.15, -0.1) is 0 Å². The number of aromatic nitrogens is 2. The zero-order chi connectivity index (χ0) is 11.4. The molecule has 1 aliphatic heterocycles. The molecule has 0 bridgehead atoms. The Morgan fingerprint density at radius 3 is 3.00 bits per heavy atom. The minimum Gasteiger partial charge on any atom is -0.340 e. The lowest BCUT2D eigenvalue weighted by Crippen LogP contribution is -2.37. The van der Waals surface area contributed by atoms with Gasteiger partial charge < -0.3 is 9.84 Å².